The van der Waals surface area contributed by atoms with Crippen molar-refractivity contribution >= 4 is 15.9 Å². The van der Waals surface area contributed by atoms with Crippen LogP contribution in [0.25, 0.3) is 0 Å². The lowest BCUT2D eigenvalue weighted by atomic mass is 10.3. The summed E-state index contributed by atoms with van der Waals surface area (Å²) in [6.07, 6.45) is 3.03. The van der Waals surface area contributed by atoms with Crippen molar-refractivity contribution in [3.05, 3.63) is 34.6 Å². The van der Waals surface area contributed by atoms with E-state index in [2.05, 4.69) is 22.5 Å². The summed E-state index contributed by atoms with van der Waals surface area (Å²) in [7, 11) is 0. The first-order valence-electron chi connectivity index (χ1n) is 2.92. The number of hydrogen-bond acceptors (Lipinski definition) is 0. The zero-order valence-electron chi connectivity index (χ0n) is 6.12. The van der Waals surface area contributed by atoms with Gasteiger partial charge in [-0.2, -0.15) is 0 Å². The Kier molecular flexibility index (Phi) is 4.28. The van der Waals surface area contributed by atoms with Crippen LogP contribution in [0.4, 0.5) is 4.39 Å². The van der Waals surface area contributed by atoms with Gasteiger partial charge in [0.25, 0.3) is 0 Å². The van der Waals surface area contributed by atoms with Crippen LogP contribution in [0.3, 0.4) is 0 Å². The molecule has 0 saturated heterocycles. The number of halogens is 2. The Morgan fingerprint density at radius 3 is 2.40 bits per heavy atom. The number of hydrogen-bond donors (Lipinski definition) is 0. The molecule has 0 atom stereocenters. The van der Waals surface area contributed by atoms with E-state index >= 15 is 0 Å². The maximum Gasteiger partial charge on any atom is 0.137 e. The third kappa shape index (κ3) is 3.62. The van der Waals surface area contributed by atoms with Gasteiger partial charge < -0.3 is 0 Å². The van der Waals surface area contributed by atoms with Gasteiger partial charge in [0, 0.05) is 4.48 Å². The summed E-state index contributed by atoms with van der Waals surface area (Å²) < 4.78 is 13.2. The van der Waals surface area contributed by atoms with Gasteiger partial charge in [0.2, 0.25) is 0 Å². The molecule has 0 aromatic heterocycles. The molecule has 10 heavy (non-hydrogen) atoms. The minimum atomic E-state index is -0.282. The Hall–Kier alpha value is -0.370. The summed E-state index contributed by atoms with van der Waals surface area (Å²) in [5, 5.41) is 0. The van der Waals surface area contributed by atoms with Gasteiger partial charge in [-0.3, -0.25) is 0 Å². The standard InChI is InChI=1S/C8H10BrF/c1-4-7(9)8(10)5-6(2)3/h4-5H,2H2,1,3H3/b7-4+,8-5+. The summed E-state index contributed by atoms with van der Waals surface area (Å²) >= 11 is 3.05. The van der Waals surface area contributed by atoms with Crippen molar-refractivity contribution in [1.29, 1.82) is 0 Å². The second-order valence-electron chi connectivity index (χ2n) is 1.98. The zero-order valence-corrected chi connectivity index (χ0v) is 7.70. The van der Waals surface area contributed by atoms with Crippen molar-refractivity contribution in [1.82, 2.24) is 0 Å². The van der Waals surface area contributed by atoms with Crippen LogP contribution in [0.1, 0.15) is 13.8 Å². The zero-order chi connectivity index (χ0) is 8.15. The summed E-state index contributed by atoms with van der Waals surface area (Å²) in [6, 6.07) is 0. The van der Waals surface area contributed by atoms with Crippen LogP contribution < -0.4 is 0 Å². The largest absolute Gasteiger partial charge is 0.206 e. The normalized spacial score (nSPS) is 13.6. The fourth-order valence-corrected chi connectivity index (χ4v) is 0.538. The van der Waals surface area contributed by atoms with Crippen LogP contribution >= 0.6 is 15.9 Å². The molecule has 0 aliphatic carbocycles. The molecular formula is C8H10BrF. The van der Waals surface area contributed by atoms with Crippen LogP contribution in [0, 0.1) is 0 Å². The highest BCUT2D eigenvalue weighted by Crippen LogP contribution is 2.18. The fourth-order valence-electron chi connectivity index (χ4n) is 0.423. The first kappa shape index (κ1) is 9.63. The molecular weight excluding hydrogens is 195 g/mol. The van der Waals surface area contributed by atoms with Crippen LogP contribution in [0.2, 0.25) is 0 Å². The second kappa shape index (κ2) is 4.45. The van der Waals surface area contributed by atoms with Crippen molar-refractivity contribution in [2.45, 2.75) is 13.8 Å². The molecule has 0 nitrogen and oxygen atoms in total. The molecule has 0 rings (SSSR count). The van der Waals surface area contributed by atoms with Gasteiger partial charge in [-0.1, -0.05) is 18.2 Å². The lowest BCUT2D eigenvalue weighted by molar-refractivity contribution is 0.663. The van der Waals surface area contributed by atoms with Crippen LogP contribution in [-0.4, -0.2) is 0 Å². The highest BCUT2D eigenvalue weighted by atomic mass is 79.9. The van der Waals surface area contributed by atoms with Gasteiger partial charge in [0.05, 0.1) is 0 Å². The lowest BCUT2D eigenvalue weighted by Gasteiger charge is -1.92. The molecule has 0 amide bonds. The molecule has 0 heterocycles. The first-order chi connectivity index (χ1) is 4.57. The summed E-state index contributed by atoms with van der Waals surface area (Å²) in [6.45, 7) is 7.05. The minimum Gasteiger partial charge on any atom is -0.206 e. The average Bonchev–Trinajstić information content (AvgIpc) is 1.85. The van der Waals surface area contributed by atoms with Gasteiger partial charge in [0.1, 0.15) is 5.83 Å². The molecule has 0 aromatic carbocycles. The Morgan fingerprint density at radius 2 is 2.10 bits per heavy atom. The summed E-state index contributed by atoms with van der Waals surface area (Å²) in [4.78, 5) is 0. The number of rotatable bonds is 2. The van der Waals surface area contributed by atoms with Crippen molar-refractivity contribution in [2.24, 2.45) is 0 Å². The minimum absolute atomic E-state index is 0.282. The van der Waals surface area contributed by atoms with E-state index in [4.69, 9.17) is 0 Å². The van der Waals surface area contributed by atoms with E-state index in [1.807, 2.05) is 0 Å². The van der Waals surface area contributed by atoms with Crippen molar-refractivity contribution in [2.75, 3.05) is 0 Å². The van der Waals surface area contributed by atoms with E-state index in [-0.39, 0.29) is 5.83 Å². The van der Waals surface area contributed by atoms with Gasteiger partial charge in [-0.05, 0) is 35.9 Å². The maximum atomic E-state index is 12.7. The average molecular weight is 205 g/mol. The molecule has 0 aliphatic heterocycles. The van der Waals surface area contributed by atoms with E-state index in [1.54, 1.807) is 19.9 Å². The maximum absolute atomic E-state index is 12.7. The van der Waals surface area contributed by atoms with E-state index in [1.165, 1.54) is 6.08 Å². The van der Waals surface area contributed by atoms with Crippen LogP contribution in [-0.2, 0) is 0 Å². The predicted octanol–water partition coefficient (Wildman–Crippen LogP) is 3.71. The molecule has 0 saturated carbocycles. The lowest BCUT2D eigenvalue weighted by Crippen LogP contribution is -1.72. The van der Waals surface area contributed by atoms with Gasteiger partial charge in [-0.25, -0.2) is 4.39 Å². The predicted molar refractivity (Wildman–Crippen MR) is 46.7 cm³/mol. The van der Waals surface area contributed by atoms with E-state index < -0.39 is 0 Å². The summed E-state index contributed by atoms with van der Waals surface area (Å²) in [5.74, 6) is -0.282. The van der Waals surface area contributed by atoms with E-state index in [0.29, 0.717) is 10.1 Å². The van der Waals surface area contributed by atoms with Gasteiger partial charge in [-0.15, -0.1) is 0 Å². The Morgan fingerprint density at radius 1 is 1.60 bits per heavy atom. The van der Waals surface area contributed by atoms with Crippen molar-refractivity contribution in [3.63, 3.8) is 0 Å². The van der Waals surface area contributed by atoms with E-state index in [9.17, 15) is 4.39 Å². The van der Waals surface area contributed by atoms with Gasteiger partial charge >= 0.3 is 0 Å². The quantitative estimate of drug-likeness (QED) is 0.602. The first-order valence-corrected chi connectivity index (χ1v) is 3.72. The molecule has 0 unspecified atom stereocenters. The third-order valence-electron chi connectivity index (χ3n) is 0.855. The monoisotopic (exact) mass is 204 g/mol. The Bertz CT molecular complexity index is 189. The summed E-state index contributed by atoms with van der Waals surface area (Å²) in [5.41, 5.74) is 0.705. The van der Waals surface area contributed by atoms with Crippen molar-refractivity contribution in [3.8, 4) is 0 Å². The molecule has 0 bridgehead atoms. The molecule has 0 aromatic rings. The number of allylic oxidation sites excluding steroid dienone is 5. The molecule has 0 N–H and O–H groups in total. The third-order valence-corrected chi connectivity index (χ3v) is 1.69. The SMILES string of the molecule is C=C(C)/C=C(F)\C(Br)=C/C. The second-order valence-corrected chi connectivity index (χ2v) is 2.83. The van der Waals surface area contributed by atoms with E-state index in [0.717, 1.165) is 0 Å². The highest BCUT2D eigenvalue weighted by Gasteiger charge is 1.96. The smallest absolute Gasteiger partial charge is 0.137 e. The van der Waals surface area contributed by atoms with Crippen molar-refractivity contribution < 1.29 is 4.39 Å². The molecule has 0 fully saturated rings. The molecule has 56 valence electrons. The molecule has 0 spiro atoms. The molecule has 0 aliphatic rings. The topological polar surface area (TPSA) is 0 Å². The fraction of sp³-hybridized carbons (Fsp3) is 0.250. The molecule has 0 radical (unpaired) electrons. The molecule has 2 heteroatoms. The van der Waals surface area contributed by atoms with Crippen LogP contribution in [0.5, 0.6) is 0 Å². The Balaban J connectivity index is 4.35. The van der Waals surface area contributed by atoms with Crippen LogP contribution in [0.15, 0.2) is 34.6 Å². The Labute approximate surface area is 69.3 Å². The van der Waals surface area contributed by atoms with Gasteiger partial charge in [0.15, 0.2) is 0 Å². The highest BCUT2D eigenvalue weighted by molar-refractivity contribution is 9.11.